The molecule has 1 heterocycles. The number of benzene rings is 3. The molecule has 0 amide bonds. The van der Waals surface area contributed by atoms with Crippen molar-refractivity contribution in [3.8, 4) is 0 Å². The highest BCUT2D eigenvalue weighted by atomic mass is 35.5. The summed E-state index contributed by atoms with van der Waals surface area (Å²) >= 11 is 13.4. The molecular formula is C25H21Cl2NO. The van der Waals surface area contributed by atoms with Crippen LogP contribution in [0.3, 0.4) is 0 Å². The Morgan fingerprint density at radius 2 is 1.62 bits per heavy atom. The zero-order chi connectivity index (χ0) is 20.3. The fraction of sp³-hybridized carbons (Fsp3) is 0.240. The summed E-state index contributed by atoms with van der Waals surface area (Å²) in [5, 5.41) is 7.02. The number of anilines is 1. The third-order valence-electron chi connectivity index (χ3n) is 6.04. The largest absolute Gasteiger partial charge is 0.358 e. The molecule has 0 bridgehead atoms. The summed E-state index contributed by atoms with van der Waals surface area (Å²) in [5.74, 6) is -0.111. The van der Waals surface area contributed by atoms with Gasteiger partial charge < -0.3 is 5.32 Å². The van der Waals surface area contributed by atoms with E-state index in [9.17, 15) is 4.79 Å². The average molecular weight is 422 g/mol. The van der Waals surface area contributed by atoms with Gasteiger partial charge >= 0.3 is 0 Å². The standard InChI is InChI=1S/C25H21Cl2NO/c1-25(2)12-19-23(20(29)13-25)24(22-16(26)8-5-9-17(22)27)21-15-7-4-3-6-14(15)10-11-18(21)28-19/h3-11,24,28H,12-13H2,1-2H3. The lowest BCUT2D eigenvalue weighted by molar-refractivity contribution is -0.118. The van der Waals surface area contributed by atoms with Gasteiger partial charge in [-0.05, 0) is 46.4 Å². The number of hydrogen-bond acceptors (Lipinski definition) is 2. The van der Waals surface area contributed by atoms with Crippen molar-refractivity contribution in [3.05, 3.63) is 87.0 Å². The molecule has 5 rings (SSSR count). The van der Waals surface area contributed by atoms with Crippen LogP contribution in [-0.4, -0.2) is 5.78 Å². The van der Waals surface area contributed by atoms with Crippen molar-refractivity contribution in [2.24, 2.45) is 5.41 Å². The Hall–Kier alpha value is -2.29. The fourth-order valence-corrected chi connectivity index (χ4v) is 5.49. The first kappa shape index (κ1) is 18.7. The number of halogens is 2. The van der Waals surface area contributed by atoms with Crippen LogP contribution in [0.15, 0.2) is 65.9 Å². The third-order valence-corrected chi connectivity index (χ3v) is 6.70. The molecule has 3 aromatic rings. The number of Topliss-reactive ketones (excluding diaryl/α,β-unsaturated/α-hetero) is 1. The van der Waals surface area contributed by atoms with Crippen LogP contribution in [0.25, 0.3) is 10.8 Å². The fourth-order valence-electron chi connectivity index (χ4n) is 4.88. The molecule has 1 aliphatic carbocycles. The number of ketones is 1. The van der Waals surface area contributed by atoms with E-state index in [4.69, 9.17) is 23.2 Å². The first-order chi connectivity index (χ1) is 13.9. The van der Waals surface area contributed by atoms with Gasteiger partial charge in [-0.2, -0.15) is 0 Å². The summed E-state index contributed by atoms with van der Waals surface area (Å²) in [7, 11) is 0. The molecule has 3 aromatic carbocycles. The van der Waals surface area contributed by atoms with Gasteiger partial charge in [0.2, 0.25) is 0 Å². The summed E-state index contributed by atoms with van der Waals surface area (Å²) in [6.45, 7) is 4.29. The molecule has 2 nitrogen and oxygen atoms in total. The molecule has 0 aromatic heterocycles. The molecule has 1 N–H and O–H groups in total. The van der Waals surface area contributed by atoms with E-state index in [1.54, 1.807) is 0 Å². The van der Waals surface area contributed by atoms with Crippen LogP contribution in [0.4, 0.5) is 5.69 Å². The number of fused-ring (bicyclic) bond motifs is 3. The Labute approximate surface area is 180 Å². The van der Waals surface area contributed by atoms with Crippen LogP contribution in [0.2, 0.25) is 10.0 Å². The molecule has 29 heavy (non-hydrogen) atoms. The van der Waals surface area contributed by atoms with Gasteiger partial charge in [0.25, 0.3) is 0 Å². The maximum Gasteiger partial charge on any atom is 0.162 e. The second-order valence-corrected chi connectivity index (χ2v) is 9.59. The maximum atomic E-state index is 13.4. The van der Waals surface area contributed by atoms with Crippen LogP contribution in [0.5, 0.6) is 0 Å². The molecule has 2 aliphatic rings. The van der Waals surface area contributed by atoms with E-state index in [-0.39, 0.29) is 17.1 Å². The highest BCUT2D eigenvalue weighted by molar-refractivity contribution is 6.36. The topological polar surface area (TPSA) is 29.1 Å². The summed E-state index contributed by atoms with van der Waals surface area (Å²) in [6.07, 6.45) is 1.34. The minimum absolute atomic E-state index is 0.0773. The van der Waals surface area contributed by atoms with Crippen molar-refractivity contribution in [3.63, 3.8) is 0 Å². The van der Waals surface area contributed by atoms with Crippen molar-refractivity contribution in [1.82, 2.24) is 0 Å². The van der Waals surface area contributed by atoms with Crippen LogP contribution < -0.4 is 5.32 Å². The van der Waals surface area contributed by atoms with Gasteiger partial charge in [0.1, 0.15) is 0 Å². The van der Waals surface area contributed by atoms with Crippen molar-refractivity contribution in [1.29, 1.82) is 0 Å². The molecule has 1 aliphatic heterocycles. The number of carbonyl (C=O) groups is 1. The van der Waals surface area contributed by atoms with Gasteiger partial charge in [0.05, 0.1) is 0 Å². The predicted octanol–water partition coefficient (Wildman–Crippen LogP) is 7.35. The monoisotopic (exact) mass is 421 g/mol. The van der Waals surface area contributed by atoms with E-state index in [1.807, 2.05) is 30.3 Å². The van der Waals surface area contributed by atoms with E-state index >= 15 is 0 Å². The molecule has 0 saturated carbocycles. The van der Waals surface area contributed by atoms with Crippen molar-refractivity contribution in [2.75, 3.05) is 5.32 Å². The number of rotatable bonds is 1. The summed E-state index contributed by atoms with van der Waals surface area (Å²) in [4.78, 5) is 13.4. The Bertz CT molecular complexity index is 1190. The van der Waals surface area contributed by atoms with Crippen LogP contribution in [0, 0.1) is 5.41 Å². The van der Waals surface area contributed by atoms with Crippen LogP contribution in [0.1, 0.15) is 43.7 Å². The average Bonchev–Trinajstić information content (AvgIpc) is 2.65. The first-order valence-electron chi connectivity index (χ1n) is 9.84. The highest BCUT2D eigenvalue weighted by Gasteiger charge is 2.42. The molecule has 1 unspecified atom stereocenters. The van der Waals surface area contributed by atoms with Gasteiger partial charge in [-0.3, -0.25) is 4.79 Å². The molecule has 0 spiro atoms. The van der Waals surface area contributed by atoms with E-state index < -0.39 is 0 Å². The highest BCUT2D eigenvalue weighted by Crippen LogP contribution is 2.53. The van der Waals surface area contributed by atoms with E-state index in [0.29, 0.717) is 16.5 Å². The molecule has 0 fully saturated rings. The third kappa shape index (κ3) is 2.97. The Kier molecular flexibility index (Phi) is 4.27. The SMILES string of the molecule is CC1(C)CC(=O)C2=C(C1)Nc1ccc3ccccc3c1C2c1c(Cl)cccc1Cl. The molecule has 146 valence electrons. The number of allylic oxidation sites excluding steroid dienone is 2. The lowest BCUT2D eigenvalue weighted by atomic mass is 9.68. The summed E-state index contributed by atoms with van der Waals surface area (Å²) in [5.41, 5.74) is 4.64. The van der Waals surface area contributed by atoms with Crippen molar-refractivity contribution < 1.29 is 4.79 Å². The second kappa shape index (κ2) is 6.62. The number of hydrogen-bond donors (Lipinski definition) is 1. The Morgan fingerprint density at radius 1 is 0.897 bits per heavy atom. The second-order valence-electron chi connectivity index (χ2n) is 8.77. The Balaban J connectivity index is 1.87. The van der Waals surface area contributed by atoms with Crippen molar-refractivity contribution >= 4 is 45.4 Å². The quantitative estimate of drug-likeness (QED) is 0.444. The van der Waals surface area contributed by atoms with E-state index in [2.05, 4.69) is 43.4 Å². The van der Waals surface area contributed by atoms with E-state index in [1.165, 1.54) is 0 Å². The maximum absolute atomic E-state index is 13.4. The smallest absolute Gasteiger partial charge is 0.162 e. The zero-order valence-corrected chi connectivity index (χ0v) is 17.9. The normalized spacial score (nSPS) is 20.3. The number of carbonyl (C=O) groups excluding carboxylic acids is 1. The first-order valence-corrected chi connectivity index (χ1v) is 10.6. The van der Waals surface area contributed by atoms with Crippen molar-refractivity contribution in [2.45, 2.75) is 32.6 Å². The Morgan fingerprint density at radius 3 is 2.38 bits per heavy atom. The van der Waals surface area contributed by atoms with E-state index in [0.717, 1.165) is 45.3 Å². The predicted molar refractivity (Wildman–Crippen MR) is 121 cm³/mol. The van der Waals surface area contributed by atoms with Gasteiger partial charge in [-0.25, -0.2) is 0 Å². The molecule has 1 atom stereocenters. The van der Waals surface area contributed by atoms with Gasteiger partial charge in [0, 0.05) is 44.9 Å². The summed E-state index contributed by atoms with van der Waals surface area (Å²) in [6, 6.07) is 18.0. The van der Waals surface area contributed by atoms with Crippen LogP contribution >= 0.6 is 23.2 Å². The van der Waals surface area contributed by atoms with Gasteiger partial charge in [-0.1, -0.05) is 73.4 Å². The minimum Gasteiger partial charge on any atom is -0.358 e. The lowest BCUT2D eigenvalue weighted by Crippen LogP contribution is -2.34. The van der Waals surface area contributed by atoms with Gasteiger partial charge in [0.15, 0.2) is 5.78 Å². The minimum atomic E-state index is -0.280. The zero-order valence-electron chi connectivity index (χ0n) is 16.4. The van der Waals surface area contributed by atoms with Crippen LogP contribution in [-0.2, 0) is 4.79 Å². The van der Waals surface area contributed by atoms with Gasteiger partial charge in [-0.15, -0.1) is 0 Å². The summed E-state index contributed by atoms with van der Waals surface area (Å²) < 4.78 is 0. The lowest BCUT2D eigenvalue weighted by Gasteiger charge is -2.40. The molecule has 0 saturated heterocycles. The molecular weight excluding hydrogens is 401 g/mol. The molecule has 4 heteroatoms. The molecule has 0 radical (unpaired) electrons. The number of nitrogens with one attached hydrogen (secondary N) is 1.